The number of carbonyl (C=O) groups excluding carboxylic acids is 2. The van der Waals surface area contributed by atoms with E-state index in [9.17, 15) is 9.59 Å². The lowest BCUT2D eigenvalue weighted by Crippen LogP contribution is -2.29. The van der Waals surface area contributed by atoms with Gasteiger partial charge in [0, 0.05) is 9.79 Å². The van der Waals surface area contributed by atoms with Gasteiger partial charge in [-0.1, -0.05) is 49.2 Å². The third-order valence-electron chi connectivity index (χ3n) is 3.98. The molecule has 124 valence electrons. The zero-order valence-electron chi connectivity index (χ0n) is 12.8. The van der Waals surface area contributed by atoms with Crippen LogP contribution in [0.2, 0.25) is 10.0 Å². The van der Waals surface area contributed by atoms with Crippen molar-refractivity contribution in [3.05, 3.63) is 51.0 Å². The van der Waals surface area contributed by atoms with Crippen LogP contribution in [0, 0.1) is 0 Å². The number of benzene rings is 2. The summed E-state index contributed by atoms with van der Waals surface area (Å²) in [6, 6.07) is 7.27. The lowest BCUT2D eigenvalue weighted by atomic mass is 10.0. The maximum Gasteiger partial charge on any atom is 0.267 e. The van der Waals surface area contributed by atoms with Crippen molar-refractivity contribution in [1.82, 2.24) is 0 Å². The molecule has 0 saturated carbocycles. The van der Waals surface area contributed by atoms with Gasteiger partial charge >= 0.3 is 0 Å². The number of halogens is 2. The quantitative estimate of drug-likeness (QED) is 0.518. The molecule has 0 fully saturated rings. The third-order valence-corrected chi connectivity index (χ3v) is 6.04. The minimum Gasteiger partial charge on any atom is -0.268 e. The van der Waals surface area contributed by atoms with E-state index in [1.54, 1.807) is 12.1 Å². The Labute approximate surface area is 160 Å². The molecule has 0 radical (unpaired) electrons. The molecule has 0 aliphatic carbocycles. The van der Waals surface area contributed by atoms with E-state index in [-0.39, 0.29) is 31.0 Å². The summed E-state index contributed by atoms with van der Waals surface area (Å²) < 4.78 is 0. The van der Waals surface area contributed by atoms with Crippen molar-refractivity contribution in [2.45, 2.75) is 29.6 Å². The van der Waals surface area contributed by atoms with Gasteiger partial charge in [0.05, 0.1) is 26.9 Å². The fourth-order valence-electron chi connectivity index (χ4n) is 2.63. The number of nitrogens with zero attached hydrogens (tertiary/aromatic N) is 1. The first-order chi connectivity index (χ1) is 11.3. The van der Waals surface area contributed by atoms with Gasteiger partial charge in [0.2, 0.25) is 0 Å². The Morgan fingerprint density at radius 3 is 1.96 bits per heavy atom. The molecule has 0 spiro atoms. The normalized spacial score (nSPS) is 13.9. The second kappa shape index (κ2) is 6.30. The molecule has 0 unspecified atom stereocenters. The molecular formula is C17H13Cl2NO2S2. The number of rotatable bonds is 2. The molecule has 7 heteroatoms. The van der Waals surface area contributed by atoms with E-state index >= 15 is 0 Å². The van der Waals surface area contributed by atoms with Gasteiger partial charge in [0.1, 0.15) is 0 Å². The molecular weight excluding hydrogens is 385 g/mol. The fourth-order valence-corrected chi connectivity index (χ4v) is 3.77. The molecule has 1 heterocycles. The average Bonchev–Trinajstić information content (AvgIpc) is 2.82. The molecule has 1 aliphatic heterocycles. The van der Waals surface area contributed by atoms with Crippen LogP contribution in [0.25, 0.3) is 0 Å². The second-order valence-electron chi connectivity index (χ2n) is 5.77. The van der Waals surface area contributed by atoms with Crippen molar-refractivity contribution >= 4 is 66.0 Å². The highest BCUT2D eigenvalue weighted by molar-refractivity contribution is 7.83. The van der Waals surface area contributed by atoms with E-state index in [1.165, 1.54) is 0 Å². The first kappa shape index (κ1) is 17.7. The number of hydrogen-bond donors (Lipinski definition) is 2. The summed E-state index contributed by atoms with van der Waals surface area (Å²) in [4.78, 5) is 27.2. The molecule has 2 aromatic carbocycles. The van der Waals surface area contributed by atoms with Gasteiger partial charge in [-0.2, -0.15) is 0 Å². The Kier molecular flexibility index (Phi) is 4.64. The molecule has 2 aromatic rings. The Hall–Kier alpha value is -1.14. The van der Waals surface area contributed by atoms with Gasteiger partial charge in [-0.15, -0.1) is 25.3 Å². The first-order valence-corrected chi connectivity index (χ1v) is 8.82. The monoisotopic (exact) mass is 397 g/mol. The van der Waals surface area contributed by atoms with Gasteiger partial charge in [0.25, 0.3) is 11.8 Å². The van der Waals surface area contributed by atoms with Crippen molar-refractivity contribution in [3.63, 3.8) is 0 Å². The molecule has 0 atom stereocenters. The Bertz CT molecular complexity index is 832. The summed E-state index contributed by atoms with van der Waals surface area (Å²) in [5, 5.41) is 0.135. The molecule has 0 aromatic heterocycles. The smallest absolute Gasteiger partial charge is 0.267 e. The second-order valence-corrected chi connectivity index (χ2v) is 7.42. The molecule has 0 saturated heterocycles. The van der Waals surface area contributed by atoms with E-state index in [0.717, 1.165) is 10.5 Å². The van der Waals surface area contributed by atoms with E-state index < -0.39 is 11.8 Å². The maximum absolute atomic E-state index is 12.8. The zero-order chi connectivity index (χ0) is 17.8. The minimum atomic E-state index is -0.511. The van der Waals surface area contributed by atoms with Crippen molar-refractivity contribution in [3.8, 4) is 0 Å². The van der Waals surface area contributed by atoms with Crippen molar-refractivity contribution < 1.29 is 9.59 Å². The van der Waals surface area contributed by atoms with Crippen LogP contribution in [0.3, 0.4) is 0 Å². The molecule has 3 nitrogen and oxygen atoms in total. The molecule has 1 aliphatic rings. The van der Waals surface area contributed by atoms with E-state index in [4.69, 9.17) is 23.2 Å². The summed E-state index contributed by atoms with van der Waals surface area (Å²) in [5.74, 6) is -0.640. The van der Waals surface area contributed by atoms with Crippen LogP contribution in [0.4, 0.5) is 5.69 Å². The van der Waals surface area contributed by atoms with E-state index in [0.29, 0.717) is 11.6 Å². The number of imide groups is 1. The molecule has 3 rings (SSSR count). The number of amides is 2. The Morgan fingerprint density at radius 2 is 1.42 bits per heavy atom. The number of carbonyl (C=O) groups is 2. The van der Waals surface area contributed by atoms with Gasteiger partial charge in [-0.25, -0.2) is 4.90 Å². The highest BCUT2D eigenvalue weighted by Crippen LogP contribution is 2.44. The van der Waals surface area contributed by atoms with Crippen molar-refractivity contribution in [2.75, 3.05) is 4.90 Å². The predicted octanol–water partition coefficient (Wildman–Crippen LogP) is 5.49. The van der Waals surface area contributed by atoms with Gasteiger partial charge in [-0.3, -0.25) is 9.59 Å². The predicted molar refractivity (Wildman–Crippen MR) is 103 cm³/mol. The summed E-state index contributed by atoms with van der Waals surface area (Å²) >= 11 is 20.8. The topological polar surface area (TPSA) is 37.4 Å². The highest BCUT2D eigenvalue weighted by Gasteiger charge is 2.41. The molecule has 0 N–H and O–H groups in total. The summed E-state index contributed by atoms with van der Waals surface area (Å²) in [6.45, 7) is 4.14. The van der Waals surface area contributed by atoms with Crippen molar-refractivity contribution in [1.29, 1.82) is 0 Å². The van der Waals surface area contributed by atoms with Gasteiger partial charge in [-0.05, 0) is 23.6 Å². The number of anilines is 1. The largest absolute Gasteiger partial charge is 0.268 e. The van der Waals surface area contributed by atoms with Crippen LogP contribution in [0.1, 0.15) is 46.0 Å². The van der Waals surface area contributed by atoms with Crippen LogP contribution in [-0.4, -0.2) is 11.8 Å². The van der Waals surface area contributed by atoms with Crippen LogP contribution in [0.5, 0.6) is 0 Å². The number of hydrogen-bond acceptors (Lipinski definition) is 4. The lowest BCUT2D eigenvalue weighted by molar-refractivity contribution is 0.0925. The third kappa shape index (κ3) is 2.54. The average molecular weight is 398 g/mol. The summed E-state index contributed by atoms with van der Waals surface area (Å²) in [7, 11) is 0. The van der Waals surface area contributed by atoms with Crippen molar-refractivity contribution in [2.24, 2.45) is 0 Å². The zero-order valence-corrected chi connectivity index (χ0v) is 16.1. The Morgan fingerprint density at radius 1 is 0.875 bits per heavy atom. The maximum atomic E-state index is 12.8. The fraction of sp³-hybridized carbons (Fsp3) is 0.176. The van der Waals surface area contributed by atoms with Crippen LogP contribution in [0.15, 0.2) is 34.1 Å². The highest BCUT2D eigenvalue weighted by atomic mass is 35.5. The first-order valence-electron chi connectivity index (χ1n) is 7.17. The Balaban J connectivity index is 2.14. The summed E-state index contributed by atoms with van der Waals surface area (Å²) in [5.41, 5.74) is 1.80. The van der Waals surface area contributed by atoms with Crippen LogP contribution >= 0.6 is 48.5 Å². The lowest BCUT2D eigenvalue weighted by Gasteiger charge is -2.15. The number of thiol groups is 2. The summed E-state index contributed by atoms with van der Waals surface area (Å²) in [6.07, 6.45) is 0. The number of fused-ring (bicyclic) bond motifs is 1. The van der Waals surface area contributed by atoms with Gasteiger partial charge < -0.3 is 0 Å². The van der Waals surface area contributed by atoms with Crippen LogP contribution < -0.4 is 4.90 Å². The standard InChI is InChI=1S/C17H13Cl2NO2S2/c1-7(2)8-3-5-9(6-4-8)20-16(21)10-11(17(20)22)14(23)15(24)13(19)12(10)18/h3-7,23-24H,1-2H3. The molecule has 0 bridgehead atoms. The SMILES string of the molecule is CC(C)c1ccc(N2C(=O)c3c(S)c(S)c(Cl)c(Cl)c3C2=O)cc1. The molecule has 2 amide bonds. The van der Waals surface area contributed by atoms with E-state index in [2.05, 4.69) is 39.1 Å². The molecule has 24 heavy (non-hydrogen) atoms. The minimum absolute atomic E-state index is 0.0223. The van der Waals surface area contributed by atoms with E-state index in [1.807, 2.05) is 12.1 Å². The van der Waals surface area contributed by atoms with Crippen LogP contribution in [-0.2, 0) is 0 Å². The van der Waals surface area contributed by atoms with Gasteiger partial charge in [0.15, 0.2) is 0 Å².